The molecule has 1 fully saturated rings. The third-order valence-electron chi connectivity index (χ3n) is 3.28. The molecule has 1 atom stereocenters. The number of aromatic nitrogens is 1. The average Bonchev–Trinajstić information content (AvgIpc) is 2.83. The van der Waals surface area contributed by atoms with Crippen molar-refractivity contribution in [1.29, 1.82) is 0 Å². The topological polar surface area (TPSA) is 45.2 Å². The van der Waals surface area contributed by atoms with Gasteiger partial charge < -0.3 is 10.2 Å². The van der Waals surface area contributed by atoms with E-state index < -0.39 is 0 Å². The number of rotatable bonds is 4. The lowest BCUT2D eigenvalue weighted by Crippen LogP contribution is -2.49. The van der Waals surface area contributed by atoms with Crippen molar-refractivity contribution in [2.24, 2.45) is 0 Å². The Bertz CT molecular complexity index is 399. The minimum Gasteiger partial charge on any atom is -0.333 e. The fourth-order valence-corrected chi connectivity index (χ4v) is 2.99. The van der Waals surface area contributed by atoms with E-state index in [0.717, 1.165) is 43.9 Å². The van der Waals surface area contributed by atoms with Crippen molar-refractivity contribution in [2.75, 3.05) is 19.6 Å². The lowest BCUT2D eigenvalue weighted by molar-refractivity contribution is 0.0643. The van der Waals surface area contributed by atoms with Crippen LogP contribution >= 0.6 is 11.3 Å². The van der Waals surface area contributed by atoms with Crippen LogP contribution in [0.25, 0.3) is 0 Å². The van der Waals surface area contributed by atoms with Crippen LogP contribution in [0.1, 0.15) is 41.7 Å². The van der Waals surface area contributed by atoms with Crippen LogP contribution in [-0.4, -0.2) is 41.5 Å². The van der Waals surface area contributed by atoms with Gasteiger partial charge in [-0.15, -0.1) is 11.3 Å². The highest BCUT2D eigenvalue weighted by molar-refractivity contribution is 7.09. The SMILES string of the molecule is CCCN(C(=O)c1csc(C)n1)C1CCCNC1. The number of thiazole rings is 1. The normalized spacial score (nSPS) is 19.8. The highest BCUT2D eigenvalue weighted by Crippen LogP contribution is 2.16. The number of nitrogens with zero attached hydrogens (tertiary/aromatic N) is 2. The van der Waals surface area contributed by atoms with Crippen LogP contribution in [0.4, 0.5) is 0 Å². The van der Waals surface area contributed by atoms with Crippen LogP contribution in [0, 0.1) is 6.92 Å². The zero-order valence-corrected chi connectivity index (χ0v) is 11.9. The van der Waals surface area contributed by atoms with Gasteiger partial charge in [0.25, 0.3) is 5.91 Å². The van der Waals surface area contributed by atoms with Gasteiger partial charge in [-0.1, -0.05) is 6.92 Å². The van der Waals surface area contributed by atoms with E-state index in [1.54, 1.807) is 11.3 Å². The highest BCUT2D eigenvalue weighted by Gasteiger charge is 2.26. The van der Waals surface area contributed by atoms with Crippen molar-refractivity contribution in [3.8, 4) is 0 Å². The number of aryl methyl sites for hydroxylation is 1. The van der Waals surface area contributed by atoms with Crippen LogP contribution in [0.15, 0.2) is 5.38 Å². The number of hydrogen-bond acceptors (Lipinski definition) is 4. The first-order valence-electron chi connectivity index (χ1n) is 6.66. The molecule has 1 unspecified atom stereocenters. The summed E-state index contributed by atoms with van der Waals surface area (Å²) in [5.41, 5.74) is 0.608. The number of amides is 1. The standard InChI is InChI=1S/C13H21N3OS/c1-3-7-16(11-5-4-6-14-8-11)13(17)12-9-18-10(2)15-12/h9,11,14H,3-8H2,1-2H3. The zero-order valence-electron chi connectivity index (χ0n) is 11.1. The molecule has 0 aliphatic carbocycles. The average molecular weight is 267 g/mol. The zero-order chi connectivity index (χ0) is 13.0. The predicted molar refractivity (Wildman–Crippen MR) is 74.1 cm³/mol. The van der Waals surface area contributed by atoms with Crippen molar-refractivity contribution in [3.05, 3.63) is 16.1 Å². The van der Waals surface area contributed by atoms with E-state index in [1.165, 1.54) is 0 Å². The summed E-state index contributed by atoms with van der Waals surface area (Å²) in [6.07, 6.45) is 3.24. The molecule has 1 aliphatic heterocycles. The molecule has 2 heterocycles. The van der Waals surface area contributed by atoms with Gasteiger partial charge in [0.2, 0.25) is 0 Å². The van der Waals surface area contributed by atoms with E-state index in [2.05, 4.69) is 17.2 Å². The third kappa shape index (κ3) is 3.09. The van der Waals surface area contributed by atoms with E-state index in [0.29, 0.717) is 11.7 Å². The number of piperidine rings is 1. The van der Waals surface area contributed by atoms with Gasteiger partial charge in [0.05, 0.1) is 5.01 Å². The van der Waals surface area contributed by atoms with Gasteiger partial charge in [0.15, 0.2) is 0 Å². The molecule has 4 nitrogen and oxygen atoms in total. The van der Waals surface area contributed by atoms with Crippen molar-refractivity contribution in [1.82, 2.24) is 15.2 Å². The molecule has 0 bridgehead atoms. The lowest BCUT2D eigenvalue weighted by atomic mass is 10.1. The second kappa shape index (κ2) is 6.29. The summed E-state index contributed by atoms with van der Waals surface area (Å²) in [5.74, 6) is 0.0925. The molecule has 0 spiro atoms. The lowest BCUT2D eigenvalue weighted by Gasteiger charge is -2.34. The monoisotopic (exact) mass is 267 g/mol. The van der Waals surface area contributed by atoms with Crippen LogP contribution in [0.5, 0.6) is 0 Å². The second-order valence-electron chi connectivity index (χ2n) is 4.75. The summed E-state index contributed by atoms with van der Waals surface area (Å²) in [4.78, 5) is 18.8. The van der Waals surface area contributed by atoms with Gasteiger partial charge in [-0.05, 0) is 32.7 Å². The van der Waals surface area contributed by atoms with Crippen molar-refractivity contribution < 1.29 is 4.79 Å². The quantitative estimate of drug-likeness (QED) is 0.908. The van der Waals surface area contributed by atoms with E-state index in [1.807, 2.05) is 17.2 Å². The van der Waals surface area contributed by atoms with Crippen LogP contribution in [0.3, 0.4) is 0 Å². The fraction of sp³-hybridized carbons (Fsp3) is 0.692. The van der Waals surface area contributed by atoms with Gasteiger partial charge in [-0.3, -0.25) is 4.79 Å². The Morgan fingerprint density at radius 3 is 3.06 bits per heavy atom. The minimum atomic E-state index is 0.0925. The second-order valence-corrected chi connectivity index (χ2v) is 5.81. The summed E-state index contributed by atoms with van der Waals surface area (Å²) >= 11 is 1.54. The number of carbonyl (C=O) groups is 1. The molecule has 1 saturated heterocycles. The Kier molecular flexibility index (Phi) is 4.72. The van der Waals surface area contributed by atoms with E-state index in [4.69, 9.17) is 0 Å². The summed E-state index contributed by atoms with van der Waals surface area (Å²) in [6.45, 7) is 6.85. The molecule has 0 aromatic carbocycles. The van der Waals surface area contributed by atoms with Gasteiger partial charge in [-0.25, -0.2) is 4.98 Å². The minimum absolute atomic E-state index is 0.0925. The Balaban J connectivity index is 2.10. The molecule has 5 heteroatoms. The molecule has 0 saturated carbocycles. The number of hydrogen-bond donors (Lipinski definition) is 1. The Labute approximate surface area is 112 Å². The first-order valence-corrected chi connectivity index (χ1v) is 7.54. The molecule has 0 radical (unpaired) electrons. The summed E-state index contributed by atoms with van der Waals surface area (Å²) in [5, 5.41) is 6.20. The van der Waals surface area contributed by atoms with E-state index in [-0.39, 0.29) is 5.91 Å². The largest absolute Gasteiger partial charge is 0.333 e. The van der Waals surface area contributed by atoms with Crippen molar-refractivity contribution in [3.63, 3.8) is 0 Å². The first kappa shape index (κ1) is 13.5. The number of carbonyl (C=O) groups excluding carboxylic acids is 1. The molecule has 2 rings (SSSR count). The molecule has 1 amide bonds. The Hall–Kier alpha value is -0.940. The maximum atomic E-state index is 12.5. The number of nitrogens with one attached hydrogen (secondary N) is 1. The fourth-order valence-electron chi connectivity index (χ4n) is 2.40. The highest BCUT2D eigenvalue weighted by atomic mass is 32.1. The smallest absolute Gasteiger partial charge is 0.273 e. The van der Waals surface area contributed by atoms with Crippen LogP contribution in [-0.2, 0) is 0 Å². The van der Waals surface area contributed by atoms with Crippen molar-refractivity contribution in [2.45, 2.75) is 39.2 Å². The summed E-state index contributed by atoms with van der Waals surface area (Å²) in [6, 6.07) is 0.327. The maximum Gasteiger partial charge on any atom is 0.273 e. The molecule has 1 N–H and O–H groups in total. The Morgan fingerprint density at radius 2 is 2.50 bits per heavy atom. The molecule has 1 aromatic rings. The molecule has 1 aliphatic rings. The van der Waals surface area contributed by atoms with Crippen molar-refractivity contribution >= 4 is 17.2 Å². The summed E-state index contributed by atoms with van der Waals surface area (Å²) < 4.78 is 0. The maximum absolute atomic E-state index is 12.5. The molecular formula is C13H21N3OS. The van der Waals surface area contributed by atoms with Crippen LogP contribution < -0.4 is 5.32 Å². The van der Waals surface area contributed by atoms with E-state index >= 15 is 0 Å². The van der Waals surface area contributed by atoms with Gasteiger partial charge in [-0.2, -0.15) is 0 Å². The third-order valence-corrected chi connectivity index (χ3v) is 4.05. The molecular weight excluding hydrogens is 246 g/mol. The first-order chi connectivity index (χ1) is 8.72. The molecule has 100 valence electrons. The van der Waals surface area contributed by atoms with Crippen LogP contribution in [0.2, 0.25) is 0 Å². The van der Waals surface area contributed by atoms with E-state index in [9.17, 15) is 4.79 Å². The van der Waals surface area contributed by atoms with Gasteiger partial charge >= 0.3 is 0 Å². The van der Waals surface area contributed by atoms with Gasteiger partial charge in [0.1, 0.15) is 5.69 Å². The van der Waals surface area contributed by atoms with Gasteiger partial charge in [0, 0.05) is 24.5 Å². The summed E-state index contributed by atoms with van der Waals surface area (Å²) in [7, 11) is 0. The molecule has 18 heavy (non-hydrogen) atoms. The predicted octanol–water partition coefficient (Wildman–Crippen LogP) is 2.06. The molecule has 1 aromatic heterocycles. The Morgan fingerprint density at radius 1 is 1.67 bits per heavy atom.